The van der Waals surface area contributed by atoms with Gasteiger partial charge < -0.3 is 0 Å². The van der Waals surface area contributed by atoms with E-state index >= 15 is 0 Å². The predicted molar refractivity (Wildman–Crippen MR) is 50.0 cm³/mol. The van der Waals surface area contributed by atoms with Crippen LogP contribution >= 0.6 is 34.5 Å². The molecule has 0 unspecified atom stereocenters. The van der Waals surface area contributed by atoms with Crippen molar-refractivity contribution in [1.82, 2.24) is 15.2 Å². The van der Waals surface area contributed by atoms with E-state index in [-0.39, 0.29) is 0 Å². The van der Waals surface area contributed by atoms with Crippen LogP contribution in [-0.2, 0) is 0 Å². The Kier molecular flexibility index (Phi) is 1.90. The lowest BCUT2D eigenvalue weighted by Gasteiger charge is -1.90. The molecule has 12 heavy (non-hydrogen) atoms. The average Bonchev–Trinajstić information content (AvgIpc) is 2.41. The summed E-state index contributed by atoms with van der Waals surface area (Å²) in [5.74, 6) is 0. The van der Waals surface area contributed by atoms with E-state index in [0.29, 0.717) is 15.8 Å². The molecule has 0 aliphatic rings. The van der Waals surface area contributed by atoms with Crippen molar-refractivity contribution in [3.05, 3.63) is 15.3 Å². The number of aryl methyl sites for hydroxylation is 1. The molecular weight excluding hydrogens is 217 g/mol. The Balaban J connectivity index is 2.93. The van der Waals surface area contributed by atoms with Gasteiger partial charge in [0.15, 0.2) is 10.3 Å². The molecule has 62 valence electrons. The van der Waals surface area contributed by atoms with Gasteiger partial charge in [0.05, 0.1) is 9.71 Å². The molecule has 0 amide bonds. The lowest BCUT2D eigenvalue weighted by Crippen LogP contribution is -1.83. The molecule has 0 aliphatic carbocycles. The van der Waals surface area contributed by atoms with E-state index in [9.17, 15) is 0 Å². The topological polar surface area (TPSA) is 38.7 Å². The fraction of sp³-hybridized carbons (Fsp3) is 0.167. The first-order valence-electron chi connectivity index (χ1n) is 3.13. The molecule has 0 radical (unpaired) electrons. The number of rotatable bonds is 0. The second-order valence-corrected chi connectivity index (χ2v) is 4.11. The van der Waals surface area contributed by atoms with Crippen LogP contribution in [0.25, 0.3) is 10.2 Å². The van der Waals surface area contributed by atoms with E-state index in [1.54, 1.807) is 0 Å². The number of nitrogens with zero attached hydrogens (tertiary/aromatic N) is 3. The van der Waals surface area contributed by atoms with Crippen molar-refractivity contribution in [1.29, 1.82) is 0 Å². The van der Waals surface area contributed by atoms with Crippen molar-refractivity contribution < 1.29 is 0 Å². The summed E-state index contributed by atoms with van der Waals surface area (Å²) in [6.45, 7) is 1.89. The van der Waals surface area contributed by atoms with Crippen LogP contribution in [0.1, 0.15) is 5.01 Å². The molecule has 0 bridgehead atoms. The third kappa shape index (κ3) is 1.16. The Labute approximate surface area is 82.4 Å². The Morgan fingerprint density at radius 2 is 1.83 bits per heavy atom. The minimum absolute atomic E-state index is 0.304. The molecular formula is C6H3Cl2N3S. The maximum atomic E-state index is 5.78. The van der Waals surface area contributed by atoms with Gasteiger partial charge in [-0.05, 0) is 6.92 Å². The Morgan fingerprint density at radius 3 is 2.50 bits per heavy atom. The summed E-state index contributed by atoms with van der Waals surface area (Å²) in [5.41, 5.74) is 0.638. The van der Waals surface area contributed by atoms with E-state index in [2.05, 4.69) is 15.2 Å². The van der Waals surface area contributed by atoms with Gasteiger partial charge in [-0.2, -0.15) is 0 Å². The lowest BCUT2D eigenvalue weighted by atomic mass is 10.5. The van der Waals surface area contributed by atoms with Crippen LogP contribution in [0.15, 0.2) is 0 Å². The average molecular weight is 220 g/mol. The number of halogens is 2. The van der Waals surface area contributed by atoms with Gasteiger partial charge in [-0.1, -0.05) is 23.2 Å². The van der Waals surface area contributed by atoms with Crippen molar-refractivity contribution in [3.8, 4) is 0 Å². The zero-order valence-corrected chi connectivity index (χ0v) is 8.33. The molecule has 2 rings (SSSR count). The number of fused-ring (bicyclic) bond motifs is 1. The van der Waals surface area contributed by atoms with Crippen LogP contribution in [0, 0.1) is 6.92 Å². The molecule has 6 heteroatoms. The van der Waals surface area contributed by atoms with Crippen molar-refractivity contribution >= 4 is 44.8 Å². The van der Waals surface area contributed by atoms with E-state index in [4.69, 9.17) is 23.2 Å². The van der Waals surface area contributed by atoms with E-state index in [1.807, 2.05) is 6.92 Å². The van der Waals surface area contributed by atoms with Crippen LogP contribution in [0.4, 0.5) is 0 Å². The summed E-state index contributed by atoms with van der Waals surface area (Å²) in [7, 11) is 0. The molecule has 0 saturated heterocycles. The minimum atomic E-state index is 0.304. The SMILES string of the molecule is Cc1nc2c(Cl)nnc(Cl)c2s1. The quantitative estimate of drug-likeness (QED) is 0.685. The third-order valence-electron chi connectivity index (χ3n) is 1.34. The monoisotopic (exact) mass is 219 g/mol. The number of hydrogen-bond donors (Lipinski definition) is 0. The fourth-order valence-corrected chi connectivity index (χ4v) is 2.16. The molecule has 0 atom stereocenters. The third-order valence-corrected chi connectivity index (χ3v) is 2.95. The van der Waals surface area contributed by atoms with E-state index in [0.717, 1.165) is 9.71 Å². The highest BCUT2D eigenvalue weighted by molar-refractivity contribution is 7.19. The van der Waals surface area contributed by atoms with Gasteiger partial charge >= 0.3 is 0 Å². The van der Waals surface area contributed by atoms with Crippen molar-refractivity contribution in [2.24, 2.45) is 0 Å². The number of thiazole rings is 1. The zero-order chi connectivity index (χ0) is 8.72. The normalized spacial score (nSPS) is 10.9. The Hall–Kier alpha value is -0.450. The van der Waals surface area contributed by atoms with Gasteiger partial charge in [-0.25, -0.2) is 4.98 Å². The van der Waals surface area contributed by atoms with Crippen LogP contribution < -0.4 is 0 Å². The smallest absolute Gasteiger partial charge is 0.178 e. The predicted octanol–water partition coefficient (Wildman–Crippen LogP) is 2.70. The van der Waals surface area contributed by atoms with Gasteiger partial charge in [0.2, 0.25) is 0 Å². The Bertz CT molecular complexity index is 401. The highest BCUT2D eigenvalue weighted by Gasteiger charge is 2.10. The van der Waals surface area contributed by atoms with Gasteiger partial charge in [-0.3, -0.25) is 0 Å². The molecule has 2 aromatic heterocycles. The second kappa shape index (κ2) is 2.80. The molecule has 2 heterocycles. The first kappa shape index (κ1) is 8.16. The molecule has 0 saturated carbocycles. The summed E-state index contributed by atoms with van der Waals surface area (Å²) in [4.78, 5) is 4.17. The van der Waals surface area contributed by atoms with Crippen LogP contribution in [0.2, 0.25) is 10.3 Å². The summed E-state index contributed by atoms with van der Waals surface area (Å²) >= 11 is 13.0. The van der Waals surface area contributed by atoms with E-state index < -0.39 is 0 Å². The largest absolute Gasteiger partial charge is 0.238 e. The molecule has 0 N–H and O–H groups in total. The second-order valence-electron chi connectivity index (χ2n) is 2.19. The van der Waals surface area contributed by atoms with Gasteiger partial charge in [0.1, 0.15) is 5.52 Å². The molecule has 2 aromatic rings. The summed E-state index contributed by atoms with van der Waals surface area (Å²) in [6.07, 6.45) is 0. The maximum Gasteiger partial charge on any atom is 0.178 e. The zero-order valence-electron chi connectivity index (χ0n) is 6.01. The molecule has 3 nitrogen and oxygen atoms in total. The van der Waals surface area contributed by atoms with Crippen LogP contribution in [0.3, 0.4) is 0 Å². The first-order chi connectivity index (χ1) is 5.68. The summed E-state index contributed by atoms with van der Waals surface area (Å²) < 4.78 is 0.800. The molecule has 0 aliphatic heterocycles. The minimum Gasteiger partial charge on any atom is -0.238 e. The van der Waals surface area contributed by atoms with E-state index in [1.165, 1.54) is 11.3 Å². The molecule has 0 fully saturated rings. The maximum absolute atomic E-state index is 5.78. The standard InChI is InChI=1S/C6H3Cl2N3S/c1-2-9-3-4(12-2)6(8)11-10-5(3)7/h1H3. The van der Waals surface area contributed by atoms with Crippen LogP contribution in [-0.4, -0.2) is 15.2 Å². The van der Waals surface area contributed by atoms with Crippen molar-refractivity contribution in [3.63, 3.8) is 0 Å². The Morgan fingerprint density at radius 1 is 1.17 bits per heavy atom. The summed E-state index contributed by atoms with van der Waals surface area (Å²) in [6, 6.07) is 0. The molecule has 0 spiro atoms. The van der Waals surface area contributed by atoms with Gasteiger partial charge in [-0.15, -0.1) is 21.5 Å². The number of hydrogen-bond acceptors (Lipinski definition) is 4. The highest BCUT2D eigenvalue weighted by atomic mass is 35.5. The van der Waals surface area contributed by atoms with Gasteiger partial charge in [0, 0.05) is 0 Å². The fourth-order valence-electron chi connectivity index (χ4n) is 0.887. The summed E-state index contributed by atoms with van der Waals surface area (Å²) in [5, 5.41) is 8.89. The van der Waals surface area contributed by atoms with Gasteiger partial charge in [0.25, 0.3) is 0 Å². The van der Waals surface area contributed by atoms with Crippen LogP contribution in [0.5, 0.6) is 0 Å². The molecule has 0 aromatic carbocycles. The lowest BCUT2D eigenvalue weighted by molar-refractivity contribution is 1.05. The number of aromatic nitrogens is 3. The first-order valence-corrected chi connectivity index (χ1v) is 4.70. The van der Waals surface area contributed by atoms with Crippen molar-refractivity contribution in [2.45, 2.75) is 6.92 Å². The highest BCUT2D eigenvalue weighted by Crippen LogP contribution is 2.30. The van der Waals surface area contributed by atoms with Crippen molar-refractivity contribution in [2.75, 3.05) is 0 Å².